The summed E-state index contributed by atoms with van der Waals surface area (Å²) in [6, 6.07) is 1.81. The Bertz CT molecular complexity index is 444. The quantitative estimate of drug-likeness (QED) is 0.364. The number of aryl methyl sites for hydroxylation is 2. The highest BCUT2D eigenvalue weighted by atomic mass is 16.5. The largest absolute Gasteiger partial charge is 0.490 e. The molecule has 18 heavy (non-hydrogen) atoms. The Morgan fingerprint density at radius 3 is 2.78 bits per heavy atom. The lowest BCUT2D eigenvalue weighted by Gasteiger charge is -2.18. The molecular formula is C13H21N3O2. The summed E-state index contributed by atoms with van der Waals surface area (Å²) in [5, 5.41) is 11.9. The van der Waals surface area contributed by atoms with Gasteiger partial charge in [-0.15, -0.1) is 0 Å². The van der Waals surface area contributed by atoms with E-state index in [2.05, 4.69) is 17.1 Å². The van der Waals surface area contributed by atoms with E-state index >= 15 is 0 Å². The summed E-state index contributed by atoms with van der Waals surface area (Å²) in [4.78, 5) is 4.30. The van der Waals surface area contributed by atoms with Crippen LogP contribution in [-0.4, -0.2) is 22.1 Å². The fraction of sp³-hybridized carbons (Fsp3) is 0.538. The van der Waals surface area contributed by atoms with Crippen LogP contribution in [0, 0.1) is 13.8 Å². The zero-order valence-corrected chi connectivity index (χ0v) is 11.4. The Labute approximate surface area is 108 Å². The molecule has 1 unspecified atom stereocenters. The van der Waals surface area contributed by atoms with Crippen molar-refractivity contribution in [3.63, 3.8) is 0 Å². The number of amidine groups is 1. The van der Waals surface area contributed by atoms with E-state index in [0.29, 0.717) is 17.0 Å². The number of aromatic nitrogens is 1. The Kier molecular flexibility index (Phi) is 4.95. The zero-order valence-electron chi connectivity index (χ0n) is 11.4. The first-order valence-electron chi connectivity index (χ1n) is 6.12. The van der Waals surface area contributed by atoms with Crippen molar-refractivity contribution in [2.45, 2.75) is 46.6 Å². The number of pyridine rings is 1. The first-order chi connectivity index (χ1) is 8.49. The summed E-state index contributed by atoms with van der Waals surface area (Å²) >= 11 is 0. The van der Waals surface area contributed by atoms with Gasteiger partial charge in [0.2, 0.25) is 0 Å². The van der Waals surface area contributed by atoms with Gasteiger partial charge >= 0.3 is 0 Å². The predicted octanol–water partition coefficient (Wildman–Crippen LogP) is 2.36. The molecule has 0 saturated heterocycles. The summed E-state index contributed by atoms with van der Waals surface area (Å²) in [7, 11) is 0. The van der Waals surface area contributed by atoms with Crippen molar-refractivity contribution in [1.29, 1.82) is 0 Å². The summed E-state index contributed by atoms with van der Waals surface area (Å²) in [5.41, 5.74) is 7.78. The molecule has 0 bridgehead atoms. The molecule has 3 N–H and O–H groups in total. The molecule has 0 aliphatic rings. The number of nitrogens with zero attached hydrogens (tertiary/aromatic N) is 2. The number of rotatable bonds is 5. The number of nitrogens with two attached hydrogens (primary N) is 1. The molecule has 100 valence electrons. The molecule has 0 radical (unpaired) electrons. The van der Waals surface area contributed by atoms with Crippen LogP contribution in [0.1, 0.15) is 43.6 Å². The molecule has 0 aromatic carbocycles. The van der Waals surface area contributed by atoms with Crippen molar-refractivity contribution in [3.8, 4) is 5.75 Å². The first-order valence-corrected chi connectivity index (χ1v) is 6.12. The van der Waals surface area contributed by atoms with Gasteiger partial charge in [-0.3, -0.25) is 4.98 Å². The molecule has 0 saturated carbocycles. The van der Waals surface area contributed by atoms with Crippen molar-refractivity contribution in [3.05, 3.63) is 23.0 Å². The standard InChI is InChI=1S/C13H21N3O2/c1-5-6-9(3)18-11-7-8(2)15-10(4)12(11)13(14)16-17/h7,9,17H,5-6H2,1-4H3,(H2,14,16). The molecule has 1 aromatic heterocycles. The maximum atomic E-state index is 8.82. The maximum absolute atomic E-state index is 8.82. The molecule has 0 aliphatic carbocycles. The molecule has 5 nitrogen and oxygen atoms in total. The molecule has 0 aliphatic heterocycles. The van der Waals surface area contributed by atoms with Crippen molar-refractivity contribution >= 4 is 5.84 Å². The molecule has 1 aromatic rings. The first kappa shape index (κ1) is 14.3. The van der Waals surface area contributed by atoms with E-state index in [1.165, 1.54) is 0 Å². The van der Waals surface area contributed by atoms with Crippen molar-refractivity contribution in [1.82, 2.24) is 4.98 Å². The van der Waals surface area contributed by atoms with E-state index in [1.54, 1.807) is 0 Å². The van der Waals surface area contributed by atoms with Crippen molar-refractivity contribution in [2.75, 3.05) is 0 Å². The van der Waals surface area contributed by atoms with Gasteiger partial charge < -0.3 is 15.7 Å². The third-order valence-corrected chi connectivity index (χ3v) is 2.68. The van der Waals surface area contributed by atoms with Gasteiger partial charge in [-0.2, -0.15) is 0 Å². The van der Waals surface area contributed by atoms with Crippen molar-refractivity contribution < 1.29 is 9.94 Å². The van der Waals surface area contributed by atoms with Crippen LogP contribution < -0.4 is 10.5 Å². The number of hydrogen-bond acceptors (Lipinski definition) is 4. The second-order valence-electron chi connectivity index (χ2n) is 4.42. The van der Waals surface area contributed by atoms with Crippen LogP contribution in [-0.2, 0) is 0 Å². The average Bonchev–Trinajstić information content (AvgIpc) is 2.27. The number of hydrogen-bond donors (Lipinski definition) is 2. The number of ether oxygens (including phenoxy) is 1. The Morgan fingerprint density at radius 2 is 2.22 bits per heavy atom. The lowest BCUT2D eigenvalue weighted by molar-refractivity contribution is 0.209. The SMILES string of the molecule is CCCC(C)Oc1cc(C)nc(C)c1/C(N)=N/O. The van der Waals surface area contributed by atoms with Crippen LogP contribution >= 0.6 is 0 Å². The third-order valence-electron chi connectivity index (χ3n) is 2.68. The topological polar surface area (TPSA) is 80.7 Å². The smallest absolute Gasteiger partial charge is 0.175 e. The van der Waals surface area contributed by atoms with Gasteiger partial charge in [-0.1, -0.05) is 18.5 Å². The van der Waals surface area contributed by atoms with E-state index in [0.717, 1.165) is 18.5 Å². The number of oxime groups is 1. The van der Waals surface area contributed by atoms with E-state index < -0.39 is 0 Å². The van der Waals surface area contributed by atoms with E-state index in [9.17, 15) is 0 Å². The highest BCUT2D eigenvalue weighted by Crippen LogP contribution is 2.24. The second kappa shape index (κ2) is 6.23. The van der Waals surface area contributed by atoms with E-state index in [1.807, 2.05) is 26.8 Å². The third kappa shape index (κ3) is 3.35. The van der Waals surface area contributed by atoms with Crippen LogP contribution in [0.3, 0.4) is 0 Å². The Morgan fingerprint density at radius 1 is 1.56 bits per heavy atom. The minimum atomic E-state index is 0.0266. The molecule has 1 rings (SSSR count). The van der Waals surface area contributed by atoms with E-state index in [-0.39, 0.29) is 11.9 Å². The Balaban J connectivity index is 3.15. The lowest BCUT2D eigenvalue weighted by Crippen LogP contribution is -2.20. The minimum Gasteiger partial charge on any atom is -0.490 e. The van der Waals surface area contributed by atoms with Crippen LogP contribution in [0.25, 0.3) is 0 Å². The van der Waals surface area contributed by atoms with Gasteiger partial charge in [0.25, 0.3) is 0 Å². The second-order valence-corrected chi connectivity index (χ2v) is 4.42. The summed E-state index contributed by atoms with van der Waals surface area (Å²) < 4.78 is 5.86. The maximum Gasteiger partial charge on any atom is 0.175 e. The van der Waals surface area contributed by atoms with Gasteiger partial charge in [-0.25, -0.2) is 0 Å². The summed E-state index contributed by atoms with van der Waals surface area (Å²) in [5.74, 6) is 0.648. The van der Waals surface area contributed by atoms with Gasteiger partial charge in [0.1, 0.15) is 5.75 Å². The van der Waals surface area contributed by atoms with Gasteiger partial charge in [0.05, 0.1) is 17.4 Å². The molecule has 1 atom stereocenters. The van der Waals surface area contributed by atoms with E-state index in [4.69, 9.17) is 15.7 Å². The molecule has 1 heterocycles. The van der Waals surface area contributed by atoms with Crippen LogP contribution in [0.4, 0.5) is 0 Å². The van der Waals surface area contributed by atoms with Crippen molar-refractivity contribution in [2.24, 2.45) is 10.9 Å². The fourth-order valence-electron chi connectivity index (χ4n) is 1.93. The Hall–Kier alpha value is -1.78. The highest BCUT2D eigenvalue weighted by molar-refractivity contribution is 6.00. The lowest BCUT2D eigenvalue weighted by atomic mass is 10.1. The summed E-state index contributed by atoms with van der Waals surface area (Å²) in [6.07, 6.45) is 2.08. The normalized spacial score (nSPS) is 13.4. The van der Waals surface area contributed by atoms with Crippen LogP contribution in [0.5, 0.6) is 5.75 Å². The van der Waals surface area contributed by atoms with Crippen LogP contribution in [0.15, 0.2) is 11.2 Å². The van der Waals surface area contributed by atoms with Gasteiger partial charge in [0, 0.05) is 11.8 Å². The molecule has 0 amide bonds. The summed E-state index contributed by atoms with van der Waals surface area (Å²) in [6.45, 7) is 7.82. The molecule has 0 spiro atoms. The fourth-order valence-corrected chi connectivity index (χ4v) is 1.93. The van der Waals surface area contributed by atoms with Gasteiger partial charge in [0.15, 0.2) is 5.84 Å². The predicted molar refractivity (Wildman–Crippen MR) is 71.2 cm³/mol. The van der Waals surface area contributed by atoms with Crippen LogP contribution in [0.2, 0.25) is 0 Å². The molecule has 5 heteroatoms. The highest BCUT2D eigenvalue weighted by Gasteiger charge is 2.16. The zero-order chi connectivity index (χ0) is 13.7. The molecular weight excluding hydrogens is 230 g/mol. The minimum absolute atomic E-state index is 0.0266. The average molecular weight is 251 g/mol. The van der Waals surface area contributed by atoms with Gasteiger partial charge in [-0.05, 0) is 27.2 Å². The molecule has 0 fully saturated rings. The monoisotopic (exact) mass is 251 g/mol.